The molecule has 1 rings (SSSR count). The maximum atomic E-state index is 11.8. The first-order chi connectivity index (χ1) is 10.9. The molecule has 1 unspecified atom stereocenters. The number of benzene rings is 1. The van der Waals surface area contributed by atoms with Crippen LogP contribution in [0.15, 0.2) is 18.2 Å². The van der Waals surface area contributed by atoms with Crippen LogP contribution in [0.25, 0.3) is 0 Å². The lowest BCUT2D eigenvalue weighted by Gasteiger charge is -2.21. The van der Waals surface area contributed by atoms with E-state index in [1.165, 1.54) is 0 Å². The molecule has 0 radical (unpaired) electrons. The molecule has 2 amide bonds. The van der Waals surface area contributed by atoms with Gasteiger partial charge in [-0.3, -0.25) is 9.59 Å². The maximum absolute atomic E-state index is 11.8. The van der Waals surface area contributed by atoms with Gasteiger partial charge in [0.1, 0.15) is 0 Å². The van der Waals surface area contributed by atoms with Gasteiger partial charge in [-0.25, -0.2) is 0 Å². The number of hydrogen-bond acceptors (Lipinski definition) is 4. The summed E-state index contributed by atoms with van der Waals surface area (Å²) in [5, 5.41) is 15.4. The molecule has 0 aromatic heterocycles. The van der Waals surface area contributed by atoms with Gasteiger partial charge in [-0.05, 0) is 43.8 Å². The van der Waals surface area contributed by atoms with Crippen molar-refractivity contribution in [2.24, 2.45) is 0 Å². The van der Waals surface area contributed by atoms with Crippen LogP contribution in [0.5, 0.6) is 0 Å². The van der Waals surface area contributed by atoms with Crippen LogP contribution in [0.2, 0.25) is 5.02 Å². The number of nitrogens with one attached hydrogen (secondary N) is 2. The quantitative estimate of drug-likeness (QED) is 0.655. The van der Waals surface area contributed by atoms with E-state index in [4.69, 9.17) is 11.6 Å². The zero-order chi connectivity index (χ0) is 17.4. The largest absolute Gasteiger partial charge is 0.390 e. The third-order valence-electron chi connectivity index (χ3n) is 3.48. The molecule has 0 fully saturated rings. The lowest BCUT2D eigenvalue weighted by molar-refractivity contribution is -0.136. The van der Waals surface area contributed by atoms with E-state index in [0.29, 0.717) is 17.3 Å². The van der Waals surface area contributed by atoms with Crippen molar-refractivity contribution in [1.82, 2.24) is 10.2 Å². The topological polar surface area (TPSA) is 81.7 Å². The van der Waals surface area contributed by atoms with Crippen LogP contribution >= 0.6 is 11.6 Å². The molecule has 6 nitrogen and oxygen atoms in total. The zero-order valence-electron chi connectivity index (χ0n) is 13.7. The van der Waals surface area contributed by atoms with Crippen LogP contribution in [0.4, 0.5) is 5.69 Å². The summed E-state index contributed by atoms with van der Waals surface area (Å²) in [6, 6.07) is 4.96. The van der Waals surface area contributed by atoms with Crippen LogP contribution in [-0.2, 0) is 9.59 Å². The van der Waals surface area contributed by atoms with Crippen LogP contribution in [0.1, 0.15) is 19.4 Å². The number of amides is 2. The number of carbonyl (C=O) groups is 2. The average Bonchev–Trinajstić information content (AvgIpc) is 2.53. The third-order valence-corrected chi connectivity index (χ3v) is 3.91. The van der Waals surface area contributed by atoms with Crippen molar-refractivity contribution in [3.8, 4) is 0 Å². The molecule has 0 heterocycles. The zero-order valence-corrected chi connectivity index (χ0v) is 14.5. The SMILES string of the molecule is CCN(CC)CC(O)CNC(=O)C(=O)Nc1ccc(Cl)c(C)c1. The Morgan fingerprint density at radius 1 is 1.26 bits per heavy atom. The minimum absolute atomic E-state index is 0.0302. The van der Waals surface area contributed by atoms with Crippen molar-refractivity contribution in [2.75, 3.05) is 31.5 Å². The Labute approximate surface area is 141 Å². The number of hydrogen-bond donors (Lipinski definition) is 3. The molecular formula is C16H24ClN3O3. The summed E-state index contributed by atoms with van der Waals surface area (Å²) in [6.07, 6.45) is -0.718. The van der Waals surface area contributed by atoms with E-state index in [1.54, 1.807) is 18.2 Å². The minimum atomic E-state index is -0.781. The van der Waals surface area contributed by atoms with E-state index in [9.17, 15) is 14.7 Å². The van der Waals surface area contributed by atoms with Crippen LogP contribution in [-0.4, -0.2) is 54.1 Å². The van der Waals surface area contributed by atoms with Crippen LogP contribution in [0.3, 0.4) is 0 Å². The predicted octanol–water partition coefficient (Wildman–Crippen LogP) is 1.41. The highest BCUT2D eigenvalue weighted by molar-refractivity contribution is 6.39. The number of anilines is 1. The number of halogens is 1. The van der Waals surface area contributed by atoms with E-state index in [2.05, 4.69) is 10.6 Å². The summed E-state index contributed by atoms with van der Waals surface area (Å²) in [4.78, 5) is 25.6. The average molecular weight is 342 g/mol. The monoisotopic (exact) mass is 341 g/mol. The Morgan fingerprint density at radius 2 is 1.91 bits per heavy atom. The van der Waals surface area contributed by atoms with Gasteiger partial charge in [0.15, 0.2) is 0 Å². The molecular weight excluding hydrogens is 318 g/mol. The van der Waals surface area contributed by atoms with Crippen LogP contribution in [0, 0.1) is 6.92 Å². The summed E-state index contributed by atoms with van der Waals surface area (Å²) >= 11 is 5.91. The Balaban J connectivity index is 2.44. The first-order valence-corrected chi connectivity index (χ1v) is 8.00. The number of rotatable bonds is 7. The van der Waals surface area contributed by atoms with Crippen LogP contribution < -0.4 is 10.6 Å². The fourth-order valence-corrected chi connectivity index (χ4v) is 2.16. The second-order valence-corrected chi connectivity index (χ2v) is 5.67. The van der Waals surface area contributed by atoms with E-state index >= 15 is 0 Å². The van der Waals surface area contributed by atoms with Gasteiger partial charge in [-0.1, -0.05) is 25.4 Å². The highest BCUT2D eigenvalue weighted by atomic mass is 35.5. The number of likely N-dealkylation sites (N-methyl/N-ethyl adjacent to an activating group) is 1. The van der Waals surface area contributed by atoms with Gasteiger partial charge in [0.25, 0.3) is 0 Å². The number of aliphatic hydroxyl groups excluding tert-OH is 1. The molecule has 1 aromatic carbocycles. The van der Waals surface area contributed by atoms with Gasteiger partial charge in [0.2, 0.25) is 0 Å². The second kappa shape index (κ2) is 9.50. The van der Waals surface area contributed by atoms with Crippen molar-refractivity contribution >= 4 is 29.1 Å². The molecule has 3 N–H and O–H groups in total. The molecule has 0 spiro atoms. The first kappa shape index (κ1) is 19.4. The summed E-state index contributed by atoms with van der Waals surface area (Å²) in [5.41, 5.74) is 1.30. The molecule has 23 heavy (non-hydrogen) atoms. The maximum Gasteiger partial charge on any atom is 0.313 e. The molecule has 0 saturated carbocycles. The Hall–Kier alpha value is -1.63. The molecule has 0 bridgehead atoms. The molecule has 128 valence electrons. The van der Waals surface area contributed by atoms with Gasteiger partial charge >= 0.3 is 11.8 Å². The van der Waals surface area contributed by atoms with Gasteiger partial charge in [-0.2, -0.15) is 0 Å². The fraction of sp³-hybridized carbons (Fsp3) is 0.500. The summed E-state index contributed by atoms with van der Waals surface area (Å²) < 4.78 is 0. The molecule has 7 heteroatoms. The minimum Gasteiger partial charge on any atom is -0.390 e. The van der Waals surface area contributed by atoms with E-state index in [-0.39, 0.29) is 6.54 Å². The molecule has 0 saturated heterocycles. The normalized spacial score (nSPS) is 12.1. The second-order valence-electron chi connectivity index (χ2n) is 5.27. The van der Waals surface area contributed by atoms with Crippen molar-refractivity contribution in [3.05, 3.63) is 28.8 Å². The van der Waals surface area contributed by atoms with Gasteiger partial charge in [0.05, 0.1) is 6.10 Å². The van der Waals surface area contributed by atoms with E-state index in [1.807, 2.05) is 25.7 Å². The Bertz CT molecular complexity index is 547. The smallest absolute Gasteiger partial charge is 0.313 e. The first-order valence-electron chi connectivity index (χ1n) is 7.63. The molecule has 0 aliphatic heterocycles. The summed E-state index contributed by atoms with van der Waals surface area (Å²) in [7, 11) is 0. The van der Waals surface area contributed by atoms with E-state index in [0.717, 1.165) is 18.7 Å². The predicted molar refractivity (Wildman–Crippen MR) is 91.6 cm³/mol. The number of nitrogens with zero attached hydrogens (tertiary/aromatic N) is 1. The van der Waals surface area contributed by atoms with Gasteiger partial charge in [-0.15, -0.1) is 0 Å². The molecule has 1 aromatic rings. The molecule has 0 aliphatic rings. The molecule has 0 aliphatic carbocycles. The summed E-state index contributed by atoms with van der Waals surface area (Å²) in [5.74, 6) is -1.56. The highest BCUT2D eigenvalue weighted by Gasteiger charge is 2.16. The molecule has 1 atom stereocenters. The lowest BCUT2D eigenvalue weighted by atomic mass is 10.2. The highest BCUT2D eigenvalue weighted by Crippen LogP contribution is 2.19. The number of aliphatic hydroxyl groups is 1. The summed E-state index contributed by atoms with van der Waals surface area (Å²) in [6.45, 7) is 7.91. The van der Waals surface area contributed by atoms with Crippen molar-refractivity contribution < 1.29 is 14.7 Å². The van der Waals surface area contributed by atoms with Crippen molar-refractivity contribution in [3.63, 3.8) is 0 Å². The fourth-order valence-electron chi connectivity index (χ4n) is 2.05. The van der Waals surface area contributed by atoms with E-state index < -0.39 is 17.9 Å². The lowest BCUT2D eigenvalue weighted by Crippen LogP contribution is -2.43. The third kappa shape index (κ3) is 6.56. The number of carbonyl (C=O) groups excluding carboxylic acids is 2. The van der Waals surface area contributed by atoms with Gasteiger partial charge < -0.3 is 20.6 Å². The van der Waals surface area contributed by atoms with Gasteiger partial charge in [0, 0.05) is 23.8 Å². The Kier molecular flexibility index (Phi) is 8.02. The standard InChI is InChI=1S/C16H24ClN3O3/c1-4-20(5-2)10-13(21)9-18-15(22)16(23)19-12-6-7-14(17)11(3)8-12/h6-8,13,21H,4-5,9-10H2,1-3H3,(H,18,22)(H,19,23). The van der Waals surface area contributed by atoms with Crippen molar-refractivity contribution in [1.29, 1.82) is 0 Å². The van der Waals surface area contributed by atoms with Crippen molar-refractivity contribution in [2.45, 2.75) is 26.9 Å². The number of aryl methyl sites for hydroxylation is 1. The Morgan fingerprint density at radius 3 is 2.48 bits per heavy atom.